The molecule has 0 aliphatic heterocycles. The summed E-state index contributed by atoms with van der Waals surface area (Å²) in [6.45, 7) is 5.55. The lowest BCUT2D eigenvalue weighted by atomic mass is 9.94. The highest BCUT2D eigenvalue weighted by atomic mass is 79.9. The van der Waals surface area contributed by atoms with Gasteiger partial charge in [0.1, 0.15) is 0 Å². The molecule has 1 atom stereocenters. The van der Waals surface area contributed by atoms with Crippen molar-refractivity contribution in [2.45, 2.75) is 32.2 Å². The van der Waals surface area contributed by atoms with Crippen LogP contribution in [0, 0.1) is 0 Å². The molecule has 0 bridgehead atoms. The van der Waals surface area contributed by atoms with E-state index >= 15 is 0 Å². The van der Waals surface area contributed by atoms with Crippen molar-refractivity contribution in [2.24, 2.45) is 0 Å². The van der Waals surface area contributed by atoms with Gasteiger partial charge in [-0.2, -0.15) is 0 Å². The Morgan fingerprint density at radius 3 is 3.18 bits per heavy atom. The molecule has 0 fully saturated rings. The number of likely N-dealkylation sites (N-methyl/N-ethyl adjacent to an activating group) is 1. The Morgan fingerprint density at radius 1 is 1.59 bits per heavy atom. The predicted octanol–water partition coefficient (Wildman–Crippen LogP) is 3.43. The monoisotopic (exact) mass is 316 g/mol. The SMILES string of the molecule is CCN(C)CCNC1CCCc2sc(Br)cc21. The van der Waals surface area contributed by atoms with Gasteiger partial charge in [0.05, 0.1) is 3.79 Å². The van der Waals surface area contributed by atoms with E-state index in [1.807, 2.05) is 11.3 Å². The zero-order valence-corrected chi connectivity index (χ0v) is 13.0. The first-order valence-electron chi connectivity index (χ1n) is 6.40. The van der Waals surface area contributed by atoms with E-state index < -0.39 is 0 Å². The first-order valence-corrected chi connectivity index (χ1v) is 8.01. The Morgan fingerprint density at radius 2 is 2.41 bits per heavy atom. The van der Waals surface area contributed by atoms with E-state index in [1.54, 1.807) is 4.88 Å². The maximum atomic E-state index is 3.70. The van der Waals surface area contributed by atoms with Gasteiger partial charge in [-0.25, -0.2) is 0 Å². The van der Waals surface area contributed by atoms with Crippen molar-refractivity contribution in [2.75, 3.05) is 26.7 Å². The predicted molar refractivity (Wildman–Crippen MR) is 78.9 cm³/mol. The molecule has 96 valence electrons. The number of aryl methyl sites for hydroxylation is 1. The summed E-state index contributed by atoms with van der Waals surface area (Å²) < 4.78 is 1.28. The third-order valence-corrected chi connectivity index (χ3v) is 5.22. The van der Waals surface area contributed by atoms with Gasteiger partial charge in [-0.15, -0.1) is 11.3 Å². The lowest BCUT2D eigenvalue weighted by Crippen LogP contribution is -2.32. The summed E-state index contributed by atoms with van der Waals surface area (Å²) in [6, 6.07) is 2.88. The molecule has 0 aromatic carbocycles. The molecule has 4 heteroatoms. The molecular formula is C13H21BrN2S. The van der Waals surface area contributed by atoms with E-state index in [0.29, 0.717) is 6.04 Å². The minimum Gasteiger partial charge on any atom is -0.309 e. The average Bonchev–Trinajstić information content (AvgIpc) is 2.70. The third kappa shape index (κ3) is 3.53. The van der Waals surface area contributed by atoms with Crippen LogP contribution >= 0.6 is 27.3 Å². The van der Waals surface area contributed by atoms with Crippen molar-refractivity contribution in [3.8, 4) is 0 Å². The Bertz CT molecular complexity index is 364. The number of hydrogen-bond acceptors (Lipinski definition) is 3. The smallest absolute Gasteiger partial charge is 0.0704 e. The minimum absolute atomic E-state index is 0.576. The van der Waals surface area contributed by atoms with E-state index in [-0.39, 0.29) is 0 Å². The van der Waals surface area contributed by atoms with E-state index in [0.717, 1.165) is 19.6 Å². The van der Waals surface area contributed by atoms with Crippen molar-refractivity contribution in [3.63, 3.8) is 0 Å². The second-order valence-electron chi connectivity index (χ2n) is 4.72. The van der Waals surface area contributed by atoms with Crippen molar-refractivity contribution in [1.82, 2.24) is 10.2 Å². The van der Waals surface area contributed by atoms with Crippen LogP contribution in [0.1, 0.15) is 36.2 Å². The standard InChI is InChI=1S/C13H21BrN2S/c1-3-16(2)8-7-15-11-5-4-6-12-10(11)9-13(14)17-12/h9,11,15H,3-8H2,1-2H3. The molecule has 1 aliphatic rings. The minimum atomic E-state index is 0.576. The number of rotatable bonds is 5. The van der Waals surface area contributed by atoms with Crippen LogP contribution in [0.25, 0.3) is 0 Å². The maximum absolute atomic E-state index is 3.70. The molecule has 17 heavy (non-hydrogen) atoms. The second kappa shape index (κ2) is 6.32. The van der Waals surface area contributed by atoms with Crippen LogP contribution in [0.4, 0.5) is 0 Å². The fourth-order valence-electron chi connectivity index (χ4n) is 2.32. The molecule has 1 aromatic heterocycles. The normalized spacial score (nSPS) is 19.6. The topological polar surface area (TPSA) is 15.3 Å². The number of nitrogens with one attached hydrogen (secondary N) is 1. The Balaban J connectivity index is 1.90. The summed E-state index contributed by atoms with van der Waals surface area (Å²) in [6.07, 6.45) is 3.87. The third-order valence-electron chi connectivity index (χ3n) is 3.51. The van der Waals surface area contributed by atoms with Crippen molar-refractivity contribution < 1.29 is 0 Å². The average molecular weight is 317 g/mol. The van der Waals surface area contributed by atoms with E-state index in [1.165, 1.54) is 28.6 Å². The van der Waals surface area contributed by atoms with Gasteiger partial charge in [-0.3, -0.25) is 0 Å². The summed E-state index contributed by atoms with van der Waals surface area (Å²) in [4.78, 5) is 3.92. The molecule has 2 nitrogen and oxygen atoms in total. The maximum Gasteiger partial charge on any atom is 0.0704 e. The van der Waals surface area contributed by atoms with Crippen LogP contribution in [0.3, 0.4) is 0 Å². The highest BCUT2D eigenvalue weighted by Crippen LogP contribution is 2.37. The first-order chi connectivity index (χ1) is 8.20. The van der Waals surface area contributed by atoms with Gasteiger partial charge in [0.25, 0.3) is 0 Å². The van der Waals surface area contributed by atoms with Crippen LogP contribution in [0.2, 0.25) is 0 Å². The zero-order valence-electron chi connectivity index (χ0n) is 10.6. The van der Waals surface area contributed by atoms with Crippen molar-refractivity contribution in [1.29, 1.82) is 0 Å². The molecule has 1 aromatic rings. The highest BCUT2D eigenvalue weighted by Gasteiger charge is 2.21. The largest absolute Gasteiger partial charge is 0.309 e. The summed E-state index contributed by atoms with van der Waals surface area (Å²) in [5, 5.41) is 3.70. The van der Waals surface area contributed by atoms with Crippen LogP contribution in [-0.2, 0) is 6.42 Å². The second-order valence-corrected chi connectivity index (χ2v) is 7.24. The molecule has 1 N–H and O–H groups in total. The molecule has 2 rings (SSSR count). The van der Waals surface area contributed by atoms with Crippen LogP contribution in [0.5, 0.6) is 0 Å². The molecular weight excluding hydrogens is 296 g/mol. The van der Waals surface area contributed by atoms with Crippen molar-refractivity contribution >= 4 is 27.3 Å². The molecule has 0 radical (unpaired) electrons. The van der Waals surface area contributed by atoms with E-state index in [4.69, 9.17) is 0 Å². The lowest BCUT2D eigenvalue weighted by Gasteiger charge is -2.25. The van der Waals surface area contributed by atoms with Crippen molar-refractivity contribution in [3.05, 3.63) is 20.3 Å². The van der Waals surface area contributed by atoms with Gasteiger partial charge in [-0.05, 0) is 60.4 Å². The fourth-order valence-corrected chi connectivity index (χ4v) is 4.14. The summed E-state index contributed by atoms with van der Waals surface area (Å²) in [5.41, 5.74) is 1.53. The Labute approximate surface area is 117 Å². The van der Waals surface area contributed by atoms with Crippen LogP contribution in [0.15, 0.2) is 9.85 Å². The number of thiophene rings is 1. The first kappa shape index (κ1) is 13.5. The molecule has 0 amide bonds. The van der Waals surface area contributed by atoms with Crippen LogP contribution < -0.4 is 5.32 Å². The van der Waals surface area contributed by atoms with Gasteiger partial charge in [-0.1, -0.05) is 6.92 Å². The molecule has 0 saturated heterocycles. The number of nitrogens with zero attached hydrogens (tertiary/aromatic N) is 1. The lowest BCUT2D eigenvalue weighted by molar-refractivity contribution is 0.334. The summed E-state index contributed by atoms with van der Waals surface area (Å²) in [7, 11) is 2.18. The number of hydrogen-bond donors (Lipinski definition) is 1. The van der Waals surface area contributed by atoms with Gasteiger partial charge in [0, 0.05) is 24.0 Å². The van der Waals surface area contributed by atoms with E-state index in [9.17, 15) is 0 Å². The van der Waals surface area contributed by atoms with Gasteiger partial charge in [0.2, 0.25) is 0 Å². The van der Waals surface area contributed by atoms with Gasteiger partial charge in [0.15, 0.2) is 0 Å². The molecule has 1 unspecified atom stereocenters. The fraction of sp³-hybridized carbons (Fsp3) is 0.692. The Kier molecular flexibility index (Phi) is 5.03. The highest BCUT2D eigenvalue weighted by molar-refractivity contribution is 9.11. The van der Waals surface area contributed by atoms with Gasteiger partial charge < -0.3 is 10.2 Å². The van der Waals surface area contributed by atoms with E-state index in [2.05, 4.69) is 46.2 Å². The number of halogens is 1. The quantitative estimate of drug-likeness (QED) is 0.895. The molecule has 1 aliphatic carbocycles. The molecule has 0 saturated carbocycles. The molecule has 0 spiro atoms. The summed E-state index contributed by atoms with van der Waals surface area (Å²) in [5.74, 6) is 0. The van der Waals surface area contributed by atoms with Crippen LogP contribution in [-0.4, -0.2) is 31.6 Å². The summed E-state index contributed by atoms with van der Waals surface area (Å²) >= 11 is 5.51. The Hall–Kier alpha value is 0.100. The number of fused-ring (bicyclic) bond motifs is 1. The molecule has 1 heterocycles. The zero-order chi connectivity index (χ0) is 12.3. The van der Waals surface area contributed by atoms with Gasteiger partial charge >= 0.3 is 0 Å².